The molecular weight excluding hydrogens is 360 g/mol. The number of hydrogen-bond donors (Lipinski definition) is 2. The minimum absolute atomic E-state index is 0. The van der Waals surface area contributed by atoms with Gasteiger partial charge in [0.05, 0.1) is 30.4 Å². The molecule has 0 bridgehead atoms. The molecule has 0 atom stereocenters. The lowest BCUT2D eigenvalue weighted by Gasteiger charge is -2.14. The Morgan fingerprint density at radius 2 is 1.78 bits per heavy atom. The summed E-state index contributed by atoms with van der Waals surface area (Å²) < 4.78 is 2.03. The summed E-state index contributed by atoms with van der Waals surface area (Å²) in [6, 6.07) is 18.4. The number of halogens is 1. The van der Waals surface area contributed by atoms with Gasteiger partial charge < -0.3 is 10.6 Å². The molecule has 27 heavy (non-hydrogen) atoms. The lowest BCUT2D eigenvalue weighted by Crippen LogP contribution is -2.29. The van der Waals surface area contributed by atoms with Crippen molar-refractivity contribution in [3.63, 3.8) is 0 Å². The Labute approximate surface area is 164 Å². The smallest absolute Gasteiger partial charge is 0.232 e. The molecule has 0 saturated heterocycles. The van der Waals surface area contributed by atoms with Crippen molar-refractivity contribution in [3.05, 3.63) is 77.1 Å². The van der Waals surface area contributed by atoms with Gasteiger partial charge in [0.15, 0.2) is 0 Å². The number of hydrogen-bond acceptors (Lipinski definition) is 3. The molecule has 2 aromatic carbocycles. The number of rotatable bonds is 3. The zero-order chi connectivity index (χ0) is 17.5. The summed E-state index contributed by atoms with van der Waals surface area (Å²) in [6.45, 7) is 3.12. The molecule has 1 amide bonds. The minimum atomic E-state index is -0.249. The molecule has 2 N–H and O–H groups in total. The quantitative estimate of drug-likeness (QED) is 0.734. The number of aromatic nitrogens is 2. The van der Waals surface area contributed by atoms with E-state index >= 15 is 0 Å². The number of carbonyl (C=O) groups excluding carboxylic acids is 1. The van der Waals surface area contributed by atoms with Crippen molar-refractivity contribution in [1.82, 2.24) is 20.4 Å². The maximum absolute atomic E-state index is 13.0. The van der Waals surface area contributed by atoms with Gasteiger partial charge in [0, 0.05) is 13.1 Å². The number of nitrogens with zero attached hydrogens (tertiary/aromatic N) is 2. The van der Waals surface area contributed by atoms with E-state index in [1.807, 2.05) is 28.9 Å². The van der Waals surface area contributed by atoms with E-state index in [1.165, 1.54) is 5.69 Å². The van der Waals surface area contributed by atoms with Crippen molar-refractivity contribution in [3.8, 4) is 11.1 Å². The molecule has 0 fully saturated rings. The third-order valence-corrected chi connectivity index (χ3v) is 5.26. The first-order valence-electron chi connectivity index (χ1n) is 9.03. The van der Waals surface area contributed by atoms with E-state index in [4.69, 9.17) is 0 Å². The van der Waals surface area contributed by atoms with Gasteiger partial charge >= 0.3 is 0 Å². The van der Waals surface area contributed by atoms with Crippen LogP contribution >= 0.6 is 12.4 Å². The van der Waals surface area contributed by atoms with E-state index in [9.17, 15) is 4.79 Å². The first kappa shape index (κ1) is 17.8. The second-order valence-electron chi connectivity index (χ2n) is 6.85. The van der Waals surface area contributed by atoms with Gasteiger partial charge in [-0.1, -0.05) is 48.5 Å². The number of carbonyl (C=O) groups is 1. The van der Waals surface area contributed by atoms with E-state index in [2.05, 4.69) is 46.1 Å². The highest BCUT2D eigenvalue weighted by atomic mass is 35.5. The van der Waals surface area contributed by atoms with Gasteiger partial charge in [-0.05, 0) is 28.3 Å². The van der Waals surface area contributed by atoms with Gasteiger partial charge in [0.25, 0.3) is 0 Å². The van der Waals surface area contributed by atoms with Gasteiger partial charge in [-0.3, -0.25) is 9.48 Å². The van der Waals surface area contributed by atoms with E-state index in [-0.39, 0.29) is 24.2 Å². The summed E-state index contributed by atoms with van der Waals surface area (Å²) in [5.41, 5.74) is 6.58. The second-order valence-corrected chi connectivity index (χ2v) is 6.85. The molecular formula is C21H21ClN4O. The minimum Gasteiger partial charge on any atom is -0.350 e. The number of amides is 1. The van der Waals surface area contributed by atoms with Crippen molar-refractivity contribution in [2.45, 2.75) is 25.6 Å². The lowest BCUT2D eigenvalue weighted by molar-refractivity contribution is -0.121. The third kappa shape index (κ3) is 3.03. The first-order valence-corrected chi connectivity index (χ1v) is 9.03. The molecule has 0 saturated carbocycles. The van der Waals surface area contributed by atoms with Gasteiger partial charge in [-0.2, -0.15) is 5.10 Å². The van der Waals surface area contributed by atoms with E-state index in [0.717, 1.165) is 47.6 Å². The molecule has 1 aliphatic heterocycles. The monoisotopic (exact) mass is 380 g/mol. The molecule has 5 rings (SSSR count). The molecule has 0 radical (unpaired) electrons. The maximum atomic E-state index is 13.0. The van der Waals surface area contributed by atoms with Crippen molar-refractivity contribution >= 4 is 18.3 Å². The van der Waals surface area contributed by atoms with Crippen molar-refractivity contribution in [2.24, 2.45) is 0 Å². The Hall–Kier alpha value is -2.63. The van der Waals surface area contributed by atoms with Crippen LogP contribution in [0.2, 0.25) is 0 Å². The van der Waals surface area contributed by atoms with Crippen LogP contribution in [0.5, 0.6) is 0 Å². The van der Waals surface area contributed by atoms with E-state index in [1.54, 1.807) is 0 Å². The zero-order valence-corrected chi connectivity index (χ0v) is 15.6. The highest BCUT2D eigenvalue weighted by Crippen LogP contribution is 2.44. The fraction of sp³-hybridized carbons (Fsp3) is 0.238. The highest BCUT2D eigenvalue weighted by molar-refractivity contribution is 5.96. The average molecular weight is 381 g/mol. The number of fused-ring (bicyclic) bond motifs is 4. The Bertz CT molecular complexity index is 928. The van der Waals surface area contributed by atoms with Crippen molar-refractivity contribution in [2.75, 3.05) is 6.54 Å². The van der Waals surface area contributed by atoms with Crippen LogP contribution in [0.25, 0.3) is 11.1 Å². The number of benzene rings is 2. The predicted octanol–water partition coefficient (Wildman–Crippen LogP) is 2.84. The van der Waals surface area contributed by atoms with Crippen molar-refractivity contribution < 1.29 is 4.79 Å². The Morgan fingerprint density at radius 1 is 1.11 bits per heavy atom. The highest BCUT2D eigenvalue weighted by Gasteiger charge is 2.33. The third-order valence-electron chi connectivity index (χ3n) is 5.26. The molecule has 5 nitrogen and oxygen atoms in total. The molecule has 6 heteroatoms. The van der Waals surface area contributed by atoms with Crippen LogP contribution in [0.1, 0.15) is 28.4 Å². The summed E-state index contributed by atoms with van der Waals surface area (Å²) in [5, 5.41) is 11.0. The van der Waals surface area contributed by atoms with Gasteiger partial charge in [-0.15, -0.1) is 12.4 Å². The normalized spacial score (nSPS) is 14.7. The SMILES string of the molecule is Cl.O=C(NCc1cc2n(n1)CCNC2)C1c2ccccc2-c2ccccc21. The standard InChI is InChI=1S/C21H20N4O.ClH/c26-21(23-12-14-11-15-13-22-9-10-25(15)24-14)20-18-7-3-1-5-16(18)17-6-2-4-8-19(17)20;/h1-8,11,20,22H,9-10,12-13H2,(H,23,26);1H. The zero-order valence-electron chi connectivity index (χ0n) is 14.8. The molecule has 1 aromatic heterocycles. The van der Waals surface area contributed by atoms with E-state index < -0.39 is 0 Å². The van der Waals surface area contributed by atoms with E-state index in [0.29, 0.717) is 6.54 Å². The summed E-state index contributed by atoms with van der Waals surface area (Å²) in [5.74, 6) is -0.215. The Kier molecular flexibility index (Phi) is 4.72. The largest absolute Gasteiger partial charge is 0.350 e. The molecule has 0 unspecified atom stereocenters. The van der Waals surface area contributed by atoms with Crippen LogP contribution in [-0.4, -0.2) is 22.2 Å². The Balaban J connectivity index is 0.00000180. The summed E-state index contributed by atoms with van der Waals surface area (Å²) in [7, 11) is 0. The topological polar surface area (TPSA) is 59.0 Å². The molecule has 2 heterocycles. The second kappa shape index (κ2) is 7.18. The fourth-order valence-electron chi connectivity index (χ4n) is 4.06. The van der Waals surface area contributed by atoms with Crippen LogP contribution in [0, 0.1) is 0 Å². The van der Waals surface area contributed by atoms with Crippen LogP contribution in [0.3, 0.4) is 0 Å². The van der Waals surface area contributed by atoms with Gasteiger partial charge in [0.1, 0.15) is 0 Å². The summed E-state index contributed by atoms with van der Waals surface area (Å²) in [4.78, 5) is 13.0. The number of nitrogens with one attached hydrogen (secondary N) is 2. The summed E-state index contributed by atoms with van der Waals surface area (Å²) in [6.07, 6.45) is 0. The molecule has 2 aliphatic rings. The molecule has 138 valence electrons. The van der Waals surface area contributed by atoms with Crippen LogP contribution in [0.4, 0.5) is 0 Å². The Morgan fingerprint density at radius 3 is 2.44 bits per heavy atom. The van der Waals surface area contributed by atoms with Crippen molar-refractivity contribution in [1.29, 1.82) is 0 Å². The first-order chi connectivity index (χ1) is 12.8. The summed E-state index contributed by atoms with van der Waals surface area (Å²) >= 11 is 0. The van der Waals surface area contributed by atoms with Gasteiger partial charge in [-0.25, -0.2) is 0 Å². The van der Waals surface area contributed by atoms with Crippen LogP contribution in [-0.2, 0) is 24.4 Å². The van der Waals surface area contributed by atoms with Crippen LogP contribution in [0.15, 0.2) is 54.6 Å². The predicted molar refractivity (Wildman–Crippen MR) is 107 cm³/mol. The van der Waals surface area contributed by atoms with Crippen LogP contribution < -0.4 is 10.6 Å². The van der Waals surface area contributed by atoms with Gasteiger partial charge in [0.2, 0.25) is 5.91 Å². The fourth-order valence-corrected chi connectivity index (χ4v) is 4.06. The average Bonchev–Trinajstić information content (AvgIpc) is 3.25. The molecule has 1 aliphatic carbocycles. The molecule has 0 spiro atoms. The lowest BCUT2D eigenvalue weighted by atomic mass is 9.96. The maximum Gasteiger partial charge on any atom is 0.232 e. The molecule has 3 aromatic rings.